The van der Waals surface area contributed by atoms with E-state index in [1.54, 1.807) is 12.1 Å². The Morgan fingerprint density at radius 2 is 1.79 bits per heavy atom. The van der Waals surface area contributed by atoms with Gasteiger partial charge in [-0.15, -0.1) is 0 Å². The number of hydrogen-bond donors (Lipinski definition) is 2. The quantitative estimate of drug-likeness (QED) is 0.857. The molecule has 0 heterocycles. The van der Waals surface area contributed by atoms with Crippen LogP contribution in [0, 0.1) is 0 Å². The SMILES string of the molecule is O=C(O)c1ccc(C2CCC(OCCO)CC2)cc1. The Balaban J connectivity index is 1.88. The number of rotatable bonds is 5. The molecule has 1 aliphatic carbocycles. The Kier molecular flexibility index (Phi) is 4.93. The van der Waals surface area contributed by atoms with Gasteiger partial charge in [-0.05, 0) is 49.3 Å². The van der Waals surface area contributed by atoms with Crippen molar-refractivity contribution < 1.29 is 19.7 Å². The predicted octanol–water partition coefficient (Wildman–Crippen LogP) is 2.42. The third-order valence-corrected chi connectivity index (χ3v) is 3.75. The number of benzene rings is 1. The zero-order valence-corrected chi connectivity index (χ0v) is 10.9. The lowest BCUT2D eigenvalue weighted by molar-refractivity contribution is 0.00580. The molecule has 1 aliphatic rings. The van der Waals surface area contributed by atoms with Crippen LogP contribution in [0.15, 0.2) is 24.3 Å². The fourth-order valence-electron chi connectivity index (χ4n) is 2.68. The Morgan fingerprint density at radius 3 is 2.32 bits per heavy atom. The minimum absolute atomic E-state index is 0.0799. The summed E-state index contributed by atoms with van der Waals surface area (Å²) in [6, 6.07) is 7.18. The molecule has 4 nitrogen and oxygen atoms in total. The van der Waals surface area contributed by atoms with Gasteiger partial charge in [-0.3, -0.25) is 0 Å². The van der Waals surface area contributed by atoms with Crippen molar-refractivity contribution in [3.05, 3.63) is 35.4 Å². The summed E-state index contributed by atoms with van der Waals surface area (Å²) in [6.07, 6.45) is 4.39. The first kappa shape index (κ1) is 14.0. The van der Waals surface area contributed by atoms with Gasteiger partial charge >= 0.3 is 5.97 Å². The molecule has 19 heavy (non-hydrogen) atoms. The molecule has 0 unspecified atom stereocenters. The van der Waals surface area contributed by atoms with Gasteiger partial charge in [0, 0.05) is 0 Å². The molecule has 0 aromatic heterocycles. The molecule has 0 radical (unpaired) electrons. The van der Waals surface area contributed by atoms with Gasteiger partial charge in [0.05, 0.1) is 24.9 Å². The van der Waals surface area contributed by atoms with Crippen molar-refractivity contribution in [3.8, 4) is 0 Å². The highest BCUT2D eigenvalue weighted by molar-refractivity contribution is 5.87. The highest BCUT2D eigenvalue weighted by atomic mass is 16.5. The van der Waals surface area contributed by atoms with Gasteiger partial charge in [-0.2, -0.15) is 0 Å². The first-order valence-electron chi connectivity index (χ1n) is 6.76. The normalized spacial score (nSPS) is 23.2. The number of aromatic carboxylic acids is 1. The van der Waals surface area contributed by atoms with E-state index >= 15 is 0 Å². The first-order valence-corrected chi connectivity index (χ1v) is 6.76. The molecule has 1 fully saturated rings. The van der Waals surface area contributed by atoms with E-state index in [9.17, 15) is 4.79 Å². The van der Waals surface area contributed by atoms with Crippen LogP contribution in [0.4, 0.5) is 0 Å². The van der Waals surface area contributed by atoms with E-state index in [2.05, 4.69) is 0 Å². The molecular formula is C15H20O4. The van der Waals surface area contributed by atoms with Crippen molar-refractivity contribution in [2.75, 3.05) is 13.2 Å². The van der Waals surface area contributed by atoms with Crippen molar-refractivity contribution in [2.45, 2.75) is 37.7 Å². The second kappa shape index (κ2) is 6.68. The number of carboxylic acids is 1. The van der Waals surface area contributed by atoms with Crippen LogP contribution in [0.3, 0.4) is 0 Å². The second-order valence-corrected chi connectivity index (χ2v) is 5.00. The van der Waals surface area contributed by atoms with Gasteiger partial charge in [0.2, 0.25) is 0 Å². The third-order valence-electron chi connectivity index (χ3n) is 3.75. The van der Waals surface area contributed by atoms with Crippen LogP contribution in [0.2, 0.25) is 0 Å². The number of aliphatic hydroxyl groups is 1. The van der Waals surface area contributed by atoms with Crippen LogP contribution in [0.1, 0.15) is 47.5 Å². The molecule has 0 bridgehead atoms. The highest BCUT2D eigenvalue weighted by Crippen LogP contribution is 2.34. The third kappa shape index (κ3) is 3.78. The molecule has 4 heteroatoms. The van der Waals surface area contributed by atoms with Crippen LogP contribution >= 0.6 is 0 Å². The van der Waals surface area contributed by atoms with Crippen molar-refractivity contribution in [3.63, 3.8) is 0 Å². The molecule has 2 rings (SSSR count). The van der Waals surface area contributed by atoms with Crippen LogP contribution in [-0.4, -0.2) is 35.5 Å². The lowest BCUT2D eigenvalue weighted by Gasteiger charge is -2.28. The molecule has 0 aliphatic heterocycles. The largest absolute Gasteiger partial charge is 0.478 e. The summed E-state index contributed by atoms with van der Waals surface area (Å²) < 4.78 is 5.54. The predicted molar refractivity (Wildman–Crippen MR) is 71.4 cm³/mol. The average Bonchev–Trinajstić information content (AvgIpc) is 2.46. The van der Waals surface area contributed by atoms with Crippen LogP contribution < -0.4 is 0 Å². The summed E-state index contributed by atoms with van der Waals surface area (Å²) in [7, 11) is 0. The number of carboxylic acid groups (broad SMARTS) is 1. The van der Waals surface area contributed by atoms with Crippen LogP contribution in [0.5, 0.6) is 0 Å². The molecular weight excluding hydrogens is 244 g/mol. The monoisotopic (exact) mass is 264 g/mol. The summed E-state index contributed by atoms with van der Waals surface area (Å²) in [5, 5.41) is 17.6. The first-order chi connectivity index (χ1) is 9.20. The fraction of sp³-hybridized carbons (Fsp3) is 0.533. The van der Waals surface area contributed by atoms with Gasteiger partial charge < -0.3 is 14.9 Å². The lowest BCUT2D eigenvalue weighted by atomic mass is 9.82. The van der Waals surface area contributed by atoms with Gasteiger partial charge in [0.25, 0.3) is 0 Å². The van der Waals surface area contributed by atoms with Crippen molar-refractivity contribution in [1.29, 1.82) is 0 Å². The zero-order chi connectivity index (χ0) is 13.7. The van der Waals surface area contributed by atoms with Crippen LogP contribution in [0.25, 0.3) is 0 Å². The summed E-state index contributed by atoms with van der Waals surface area (Å²) >= 11 is 0. The highest BCUT2D eigenvalue weighted by Gasteiger charge is 2.22. The Labute approximate surface area is 113 Å². The zero-order valence-electron chi connectivity index (χ0n) is 10.9. The second-order valence-electron chi connectivity index (χ2n) is 5.00. The molecule has 1 saturated carbocycles. The number of carbonyl (C=O) groups is 1. The topological polar surface area (TPSA) is 66.8 Å². The lowest BCUT2D eigenvalue weighted by Crippen LogP contribution is -2.22. The minimum Gasteiger partial charge on any atom is -0.478 e. The maximum absolute atomic E-state index is 10.8. The summed E-state index contributed by atoms with van der Waals surface area (Å²) in [5.74, 6) is -0.385. The molecule has 0 amide bonds. The van der Waals surface area contributed by atoms with Crippen LogP contribution in [-0.2, 0) is 4.74 Å². The molecule has 1 aromatic rings. The summed E-state index contributed by atoms with van der Waals surface area (Å²) in [4.78, 5) is 10.8. The molecule has 1 aromatic carbocycles. The van der Waals surface area contributed by atoms with Gasteiger partial charge in [-0.1, -0.05) is 12.1 Å². The Bertz CT molecular complexity index is 405. The van der Waals surface area contributed by atoms with Gasteiger partial charge in [0.15, 0.2) is 0 Å². The van der Waals surface area contributed by atoms with E-state index in [0.717, 1.165) is 25.7 Å². The van der Waals surface area contributed by atoms with E-state index in [-0.39, 0.29) is 12.7 Å². The Hall–Kier alpha value is -1.39. The molecule has 0 atom stereocenters. The van der Waals surface area contributed by atoms with Crippen molar-refractivity contribution in [2.24, 2.45) is 0 Å². The van der Waals surface area contributed by atoms with Crippen molar-refractivity contribution >= 4 is 5.97 Å². The standard InChI is InChI=1S/C15H20O4/c16-9-10-19-14-7-5-12(6-8-14)11-1-3-13(4-2-11)15(17)18/h1-4,12,14,16H,5-10H2,(H,17,18). The molecule has 2 N–H and O–H groups in total. The fourth-order valence-corrected chi connectivity index (χ4v) is 2.68. The number of ether oxygens (including phenoxy) is 1. The molecule has 0 spiro atoms. The van der Waals surface area contributed by atoms with Gasteiger partial charge in [-0.25, -0.2) is 4.79 Å². The minimum atomic E-state index is -0.882. The average molecular weight is 264 g/mol. The maximum atomic E-state index is 10.8. The molecule has 0 saturated heterocycles. The number of hydrogen-bond acceptors (Lipinski definition) is 3. The summed E-state index contributed by atoms with van der Waals surface area (Å²) in [5.41, 5.74) is 1.55. The molecule has 104 valence electrons. The number of aliphatic hydroxyl groups excluding tert-OH is 1. The van der Waals surface area contributed by atoms with Gasteiger partial charge in [0.1, 0.15) is 0 Å². The summed E-state index contributed by atoms with van der Waals surface area (Å²) in [6.45, 7) is 0.499. The van der Waals surface area contributed by atoms with Crippen molar-refractivity contribution in [1.82, 2.24) is 0 Å². The maximum Gasteiger partial charge on any atom is 0.335 e. The van der Waals surface area contributed by atoms with E-state index in [1.807, 2.05) is 12.1 Å². The van der Waals surface area contributed by atoms with E-state index in [0.29, 0.717) is 18.1 Å². The smallest absolute Gasteiger partial charge is 0.335 e. The van der Waals surface area contributed by atoms with E-state index < -0.39 is 5.97 Å². The Morgan fingerprint density at radius 1 is 1.16 bits per heavy atom. The van der Waals surface area contributed by atoms with E-state index in [1.165, 1.54) is 5.56 Å². The van der Waals surface area contributed by atoms with E-state index in [4.69, 9.17) is 14.9 Å².